The maximum Gasteiger partial charge on any atom is 0.303 e. The molecule has 0 radical (unpaired) electrons. The summed E-state index contributed by atoms with van der Waals surface area (Å²) < 4.78 is 11.1. The first kappa shape index (κ1) is 27.2. The highest BCUT2D eigenvalue weighted by atomic mass is 16.5. The highest BCUT2D eigenvalue weighted by molar-refractivity contribution is 6.10. The standard InChI is InChI=1S/C30H35N5O5/c1-39-24-4-2-3-19(17-24)13-14-32-30-33-27(31)26-28(34-30)40-16-15-35(29(26)38)23-11-9-22(10-12-23)21-7-5-20(6-8-21)18-25(36)37/h2-4,9-12,17,20-21H,5-8,13-16,18H2,1H3,(H,36,37)(H3,31,32,33,34)/t20-,21-. The van der Waals surface area contributed by atoms with Crippen LogP contribution in [0.15, 0.2) is 48.5 Å². The van der Waals surface area contributed by atoms with E-state index >= 15 is 0 Å². The number of carboxylic acids is 1. The van der Waals surface area contributed by atoms with Crippen molar-refractivity contribution in [3.63, 3.8) is 0 Å². The zero-order valence-corrected chi connectivity index (χ0v) is 22.6. The van der Waals surface area contributed by atoms with Gasteiger partial charge in [-0.15, -0.1) is 0 Å². The van der Waals surface area contributed by atoms with Crippen molar-refractivity contribution in [3.05, 3.63) is 65.2 Å². The lowest BCUT2D eigenvalue weighted by Crippen LogP contribution is -2.32. The minimum atomic E-state index is -0.719. The molecule has 3 aromatic rings. The van der Waals surface area contributed by atoms with Crippen LogP contribution in [-0.2, 0) is 11.2 Å². The number of anilines is 3. The van der Waals surface area contributed by atoms with Gasteiger partial charge in [0.15, 0.2) is 0 Å². The Hall–Kier alpha value is -4.34. The highest BCUT2D eigenvalue weighted by Gasteiger charge is 2.30. The average Bonchev–Trinajstić information content (AvgIpc) is 3.12. The quantitative estimate of drug-likeness (QED) is 0.354. The fraction of sp³-hybridized carbons (Fsp3) is 0.400. The van der Waals surface area contributed by atoms with E-state index in [1.807, 2.05) is 36.4 Å². The van der Waals surface area contributed by atoms with E-state index in [0.717, 1.165) is 49.1 Å². The summed E-state index contributed by atoms with van der Waals surface area (Å²) in [7, 11) is 1.64. The third kappa shape index (κ3) is 6.27. The molecule has 2 aliphatic rings. The fourth-order valence-corrected chi connectivity index (χ4v) is 5.58. The number of hydrogen-bond donors (Lipinski definition) is 3. The number of nitrogens with zero attached hydrogens (tertiary/aromatic N) is 3. The van der Waals surface area contributed by atoms with Crippen molar-refractivity contribution in [2.24, 2.45) is 5.92 Å². The topological polar surface area (TPSA) is 140 Å². The van der Waals surface area contributed by atoms with E-state index in [1.165, 1.54) is 5.56 Å². The Balaban J connectivity index is 1.23. The van der Waals surface area contributed by atoms with Crippen molar-refractivity contribution in [1.29, 1.82) is 0 Å². The second kappa shape index (κ2) is 12.2. The molecule has 1 aliphatic carbocycles. The molecule has 1 aliphatic heterocycles. The number of rotatable bonds is 9. The monoisotopic (exact) mass is 545 g/mol. The van der Waals surface area contributed by atoms with Gasteiger partial charge in [-0.1, -0.05) is 24.3 Å². The van der Waals surface area contributed by atoms with Crippen LogP contribution in [-0.4, -0.2) is 53.8 Å². The molecule has 0 atom stereocenters. The molecule has 10 heteroatoms. The highest BCUT2D eigenvalue weighted by Crippen LogP contribution is 2.38. The number of ether oxygens (including phenoxy) is 2. The summed E-state index contributed by atoms with van der Waals surface area (Å²) in [5.41, 5.74) is 9.49. The molecule has 10 nitrogen and oxygen atoms in total. The predicted molar refractivity (Wildman–Crippen MR) is 152 cm³/mol. The van der Waals surface area contributed by atoms with Gasteiger partial charge < -0.3 is 30.5 Å². The largest absolute Gasteiger partial charge is 0.497 e. The van der Waals surface area contributed by atoms with Crippen molar-refractivity contribution in [1.82, 2.24) is 9.97 Å². The van der Waals surface area contributed by atoms with Crippen molar-refractivity contribution >= 4 is 29.3 Å². The van der Waals surface area contributed by atoms with Crippen molar-refractivity contribution in [2.75, 3.05) is 42.8 Å². The second-order valence-electron chi connectivity index (χ2n) is 10.4. The number of hydrogen-bond acceptors (Lipinski definition) is 8. The number of nitrogens with one attached hydrogen (secondary N) is 1. The molecule has 0 bridgehead atoms. The van der Waals surface area contributed by atoms with Crippen LogP contribution in [0.3, 0.4) is 0 Å². The first-order valence-electron chi connectivity index (χ1n) is 13.7. The molecule has 4 N–H and O–H groups in total. The summed E-state index contributed by atoms with van der Waals surface area (Å²) in [5, 5.41) is 12.2. The molecule has 2 heterocycles. The lowest BCUT2D eigenvalue weighted by molar-refractivity contribution is -0.138. The number of benzene rings is 2. The van der Waals surface area contributed by atoms with Crippen molar-refractivity contribution < 1.29 is 24.2 Å². The second-order valence-corrected chi connectivity index (χ2v) is 10.4. The molecule has 40 heavy (non-hydrogen) atoms. The number of amides is 1. The van der Waals surface area contributed by atoms with Gasteiger partial charge in [-0.2, -0.15) is 9.97 Å². The molecule has 0 spiro atoms. The maximum absolute atomic E-state index is 13.5. The van der Waals surface area contributed by atoms with Crippen molar-refractivity contribution in [3.8, 4) is 11.6 Å². The van der Waals surface area contributed by atoms with Crippen LogP contribution in [0.25, 0.3) is 0 Å². The molecule has 1 saturated carbocycles. The number of methoxy groups -OCH3 is 1. The van der Waals surface area contributed by atoms with Crippen LogP contribution in [0.4, 0.5) is 17.5 Å². The molecule has 1 amide bonds. The Labute approximate surface area is 233 Å². The zero-order valence-electron chi connectivity index (χ0n) is 22.6. The van der Waals surface area contributed by atoms with Crippen LogP contribution in [0.5, 0.6) is 11.6 Å². The van der Waals surface area contributed by atoms with Gasteiger partial charge in [-0.3, -0.25) is 9.59 Å². The lowest BCUT2D eigenvalue weighted by Gasteiger charge is -2.28. The van der Waals surface area contributed by atoms with E-state index < -0.39 is 5.97 Å². The minimum Gasteiger partial charge on any atom is -0.497 e. The molecule has 5 rings (SSSR count). The third-order valence-electron chi connectivity index (χ3n) is 7.73. The first-order valence-corrected chi connectivity index (χ1v) is 13.7. The zero-order chi connectivity index (χ0) is 28.1. The molecule has 210 valence electrons. The summed E-state index contributed by atoms with van der Waals surface area (Å²) in [5.74, 6) is 1.01. The Morgan fingerprint density at radius 2 is 1.93 bits per heavy atom. The average molecular weight is 546 g/mol. The predicted octanol–water partition coefficient (Wildman–Crippen LogP) is 4.51. The number of nitrogen functional groups attached to an aromatic ring is 1. The number of aromatic nitrogens is 2. The molecule has 1 aromatic heterocycles. The summed E-state index contributed by atoms with van der Waals surface area (Å²) >= 11 is 0. The molecule has 0 unspecified atom stereocenters. The van der Waals surface area contributed by atoms with Crippen molar-refractivity contribution in [2.45, 2.75) is 44.4 Å². The molecular weight excluding hydrogens is 510 g/mol. The first-order chi connectivity index (χ1) is 19.4. The number of carboxylic acid groups (broad SMARTS) is 1. The summed E-state index contributed by atoms with van der Waals surface area (Å²) in [6.07, 6.45) is 4.78. The Morgan fingerprint density at radius 3 is 2.65 bits per heavy atom. The Morgan fingerprint density at radius 1 is 1.15 bits per heavy atom. The van der Waals surface area contributed by atoms with Gasteiger partial charge in [0, 0.05) is 18.7 Å². The van der Waals surface area contributed by atoms with E-state index in [0.29, 0.717) is 25.0 Å². The number of aliphatic carboxylic acids is 1. The van der Waals surface area contributed by atoms with E-state index in [2.05, 4.69) is 27.4 Å². The van der Waals surface area contributed by atoms with Gasteiger partial charge in [-0.05, 0) is 79.3 Å². The summed E-state index contributed by atoms with van der Waals surface area (Å²) in [4.78, 5) is 35.0. The van der Waals surface area contributed by atoms with Gasteiger partial charge in [0.05, 0.1) is 13.7 Å². The summed E-state index contributed by atoms with van der Waals surface area (Å²) in [6, 6.07) is 15.9. The molecular formula is C30H35N5O5. The van der Waals surface area contributed by atoms with Crippen LogP contribution < -0.4 is 25.4 Å². The maximum atomic E-state index is 13.5. The Kier molecular flexibility index (Phi) is 8.33. The van der Waals surface area contributed by atoms with Gasteiger partial charge in [0.1, 0.15) is 23.7 Å². The van der Waals surface area contributed by atoms with E-state index in [-0.39, 0.29) is 42.1 Å². The number of carbonyl (C=O) groups is 2. The SMILES string of the molecule is COc1cccc(CCNc2nc(N)c3c(n2)OCCN(c2ccc([C@H]4CC[C@H](CC(=O)O)CC4)cc2)C3=O)c1. The van der Waals surface area contributed by atoms with Gasteiger partial charge in [-0.25, -0.2) is 0 Å². The molecule has 2 aromatic carbocycles. The van der Waals surface area contributed by atoms with Crippen LogP contribution in [0.2, 0.25) is 0 Å². The fourth-order valence-electron chi connectivity index (χ4n) is 5.58. The number of nitrogens with two attached hydrogens (primary N) is 1. The number of carbonyl (C=O) groups excluding carboxylic acids is 1. The summed E-state index contributed by atoms with van der Waals surface area (Å²) in [6.45, 7) is 1.19. The van der Waals surface area contributed by atoms with Gasteiger partial charge in [0.25, 0.3) is 5.91 Å². The van der Waals surface area contributed by atoms with Crippen LogP contribution in [0, 0.1) is 5.92 Å². The smallest absolute Gasteiger partial charge is 0.303 e. The van der Waals surface area contributed by atoms with Crippen LogP contribution >= 0.6 is 0 Å². The Bertz CT molecular complexity index is 1360. The molecule has 1 fully saturated rings. The van der Waals surface area contributed by atoms with E-state index in [4.69, 9.17) is 20.3 Å². The molecule has 0 saturated heterocycles. The van der Waals surface area contributed by atoms with E-state index in [9.17, 15) is 9.59 Å². The number of fused-ring (bicyclic) bond motifs is 1. The van der Waals surface area contributed by atoms with Gasteiger partial charge in [0.2, 0.25) is 11.8 Å². The van der Waals surface area contributed by atoms with Crippen LogP contribution in [0.1, 0.15) is 59.5 Å². The normalized spacial score (nSPS) is 18.8. The lowest BCUT2D eigenvalue weighted by atomic mass is 9.77. The van der Waals surface area contributed by atoms with E-state index in [1.54, 1.807) is 12.0 Å². The van der Waals surface area contributed by atoms with Gasteiger partial charge >= 0.3 is 5.97 Å². The minimum absolute atomic E-state index is 0.0699. The third-order valence-corrected chi connectivity index (χ3v) is 7.73.